The smallest absolute Gasteiger partial charge is 0.255 e. The average molecular weight is 335 g/mol. The van der Waals surface area contributed by atoms with Crippen molar-refractivity contribution >= 4 is 17.2 Å². The van der Waals surface area contributed by atoms with Gasteiger partial charge >= 0.3 is 0 Å². The quantitative estimate of drug-likeness (QED) is 0.799. The fourth-order valence-electron chi connectivity index (χ4n) is 3.32. The van der Waals surface area contributed by atoms with Crippen molar-refractivity contribution in [3.8, 4) is 0 Å². The number of hydrogen-bond acceptors (Lipinski definition) is 4. The molecule has 6 nitrogen and oxygen atoms in total. The van der Waals surface area contributed by atoms with Gasteiger partial charge in [-0.3, -0.25) is 4.79 Å². The SMILES string of the molecule is Cc1cc(NC2CCN(C(=O)c3cc4ccccn4c3)CC2)ncn1. The van der Waals surface area contributed by atoms with Gasteiger partial charge in [-0.15, -0.1) is 0 Å². The molecule has 3 aromatic rings. The molecule has 0 atom stereocenters. The number of nitrogens with one attached hydrogen (secondary N) is 1. The summed E-state index contributed by atoms with van der Waals surface area (Å²) in [6.07, 6.45) is 7.29. The van der Waals surface area contributed by atoms with Gasteiger partial charge in [-0.1, -0.05) is 6.07 Å². The number of likely N-dealkylation sites (tertiary alicyclic amines) is 1. The Bertz CT molecular complexity index is 862. The Labute approximate surface area is 146 Å². The fourth-order valence-corrected chi connectivity index (χ4v) is 3.32. The highest BCUT2D eigenvalue weighted by atomic mass is 16.2. The second kappa shape index (κ2) is 6.55. The van der Waals surface area contributed by atoms with Gasteiger partial charge in [-0.25, -0.2) is 9.97 Å². The van der Waals surface area contributed by atoms with Gasteiger partial charge in [0.25, 0.3) is 5.91 Å². The van der Waals surface area contributed by atoms with E-state index in [1.54, 1.807) is 6.33 Å². The van der Waals surface area contributed by atoms with E-state index < -0.39 is 0 Å². The second-order valence-corrected chi connectivity index (χ2v) is 6.52. The molecule has 0 radical (unpaired) electrons. The Hall–Kier alpha value is -2.89. The summed E-state index contributed by atoms with van der Waals surface area (Å²) in [6, 6.07) is 10.2. The maximum atomic E-state index is 12.8. The molecular weight excluding hydrogens is 314 g/mol. The molecule has 0 saturated carbocycles. The van der Waals surface area contributed by atoms with Gasteiger partial charge < -0.3 is 14.6 Å². The third-order valence-corrected chi connectivity index (χ3v) is 4.69. The Morgan fingerprint density at radius 2 is 2.04 bits per heavy atom. The summed E-state index contributed by atoms with van der Waals surface area (Å²) >= 11 is 0. The van der Waals surface area contributed by atoms with Crippen LogP contribution in [0.4, 0.5) is 5.82 Å². The van der Waals surface area contributed by atoms with Crippen LogP contribution in [0.3, 0.4) is 0 Å². The molecule has 0 aromatic carbocycles. The lowest BCUT2D eigenvalue weighted by atomic mass is 10.0. The lowest BCUT2D eigenvalue weighted by Crippen LogP contribution is -2.42. The van der Waals surface area contributed by atoms with E-state index in [-0.39, 0.29) is 5.91 Å². The first kappa shape index (κ1) is 15.6. The van der Waals surface area contributed by atoms with Crippen molar-refractivity contribution in [1.82, 2.24) is 19.3 Å². The zero-order chi connectivity index (χ0) is 17.2. The van der Waals surface area contributed by atoms with Gasteiger partial charge in [0.05, 0.1) is 5.56 Å². The Morgan fingerprint density at radius 3 is 2.80 bits per heavy atom. The van der Waals surface area contributed by atoms with Crippen LogP contribution in [-0.4, -0.2) is 44.3 Å². The highest BCUT2D eigenvalue weighted by molar-refractivity contribution is 5.95. The Kier molecular flexibility index (Phi) is 4.09. The van der Waals surface area contributed by atoms with Crippen LogP contribution in [0.1, 0.15) is 28.9 Å². The van der Waals surface area contributed by atoms with Crippen molar-refractivity contribution in [3.05, 3.63) is 60.3 Å². The maximum Gasteiger partial charge on any atom is 0.255 e. The van der Waals surface area contributed by atoms with Crippen LogP contribution in [0, 0.1) is 6.92 Å². The first-order valence-electron chi connectivity index (χ1n) is 8.60. The predicted octanol–water partition coefficient (Wildman–Crippen LogP) is 2.75. The zero-order valence-electron chi connectivity index (χ0n) is 14.2. The number of piperidine rings is 1. The lowest BCUT2D eigenvalue weighted by Gasteiger charge is -2.32. The van der Waals surface area contributed by atoms with E-state index in [2.05, 4.69) is 15.3 Å². The van der Waals surface area contributed by atoms with Crippen molar-refractivity contribution in [2.45, 2.75) is 25.8 Å². The molecule has 6 heteroatoms. The number of carbonyl (C=O) groups excluding carboxylic acids is 1. The number of aromatic nitrogens is 3. The van der Waals surface area contributed by atoms with Gasteiger partial charge in [0.1, 0.15) is 12.1 Å². The molecule has 0 bridgehead atoms. The summed E-state index contributed by atoms with van der Waals surface area (Å²) in [7, 11) is 0. The number of aryl methyl sites for hydroxylation is 1. The second-order valence-electron chi connectivity index (χ2n) is 6.52. The highest BCUT2D eigenvalue weighted by Crippen LogP contribution is 2.19. The number of hydrogen-bond donors (Lipinski definition) is 1. The monoisotopic (exact) mass is 335 g/mol. The van der Waals surface area contributed by atoms with Crippen molar-refractivity contribution in [2.24, 2.45) is 0 Å². The van der Waals surface area contributed by atoms with E-state index in [4.69, 9.17) is 0 Å². The summed E-state index contributed by atoms with van der Waals surface area (Å²) in [4.78, 5) is 23.1. The summed E-state index contributed by atoms with van der Waals surface area (Å²) in [5, 5.41) is 3.45. The third kappa shape index (κ3) is 3.33. The van der Waals surface area contributed by atoms with Crippen molar-refractivity contribution < 1.29 is 4.79 Å². The minimum Gasteiger partial charge on any atom is -0.367 e. The van der Waals surface area contributed by atoms with Crippen LogP contribution in [0.25, 0.3) is 5.52 Å². The molecular formula is C19H21N5O. The number of carbonyl (C=O) groups is 1. The number of nitrogens with zero attached hydrogens (tertiary/aromatic N) is 4. The Balaban J connectivity index is 1.38. The first-order valence-corrected chi connectivity index (χ1v) is 8.60. The molecule has 1 N–H and O–H groups in total. The molecule has 4 rings (SSSR count). The molecule has 3 aromatic heterocycles. The molecule has 128 valence electrons. The molecule has 1 amide bonds. The van der Waals surface area contributed by atoms with E-state index in [1.807, 2.05) is 58.9 Å². The molecule has 0 spiro atoms. The van der Waals surface area contributed by atoms with Crippen molar-refractivity contribution in [2.75, 3.05) is 18.4 Å². The number of fused-ring (bicyclic) bond motifs is 1. The van der Waals surface area contributed by atoms with E-state index in [0.717, 1.165) is 48.5 Å². The summed E-state index contributed by atoms with van der Waals surface area (Å²) in [5.41, 5.74) is 2.75. The normalized spacial score (nSPS) is 15.5. The minimum absolute atomic E-state index is 0.111. The van der Waals surface area contributed by atoms with E-state index in [0.29, 0.717) is 6.04 Å². The van der Waals surface area contributed by atoms with Crippen LogP contribution in [-0.2, 0) is 0 Å². The van der Waals surface area contributed by atoms with Crippen LogP contribution >= 0.6 is 0 Å². The number of anilines is 1. The van der Waals surface area contributed by atoms with Gasteiger partial charge in [0, 0.05) is 48.8 Å². The van der Waals surface area contributed by atoms with Crippen LogP contribution in [0.5, 0.6) is 0 Å². The molecule has 25 heavy (non-hydrogen) atoms. The van der Waals surface area contributed by atoms with Crippen LogP contribution < -0.4 is 5.32 Å². The topological polar surface area (TPSA) is 62.5 Å². The van der Waals surface area contributed by atoms with Gasteiger partial charge in [-0.05, 0) is 38.0 Å². The van der Waals surface area contributed by atoms with Crippen LogP contribution in [0.2, 0.25) is 0 Å². The van der Waals surface area contributed by atoms with E-state index in [9.17, 15) is 4.79 Å². The van der Waals surface area contributed by atoms with Gasteiger partial charge in [0.2, 0.25) is 0 Å². The fraction of sp³-hybridized carbons (Fsp3) is 0.316. The molecule has 1 fully saturated rings. The largest absolute Gasteiger partial charge is 0.367 e. The lowest BCUT2D eigenvalue weighted by molar-refractivity contribution is 0.0718. The van der Waals surface area contributed by atoms with Crippen molar-refractivity contribution in [1.29, 1.82) is 0 Å². The molecule has 1 aliphatic rings. The van der Waals surface area contributed by atoms with Gasteiger partial charge in [-0.2, -0.15) is 0 Å². The standard InChI is InChI=1S/C19H21N5O/c1-14-10-18(21-13-20-14)22-16-5-8-23(9-6-16)19(25)15-11-17-4-2-3-7-24(17)12-15/h2-4,7,10-13,16H,5-6,8-9H2,1H3,(H,20,21,22). The van der Waals surface area contributed by atoms with Gasteiger partial charge in [0.15, 0.2) is 0 Å². The predicted molar refractivity (Wildman–Crippen MR) is 96.7 cm³/mol. The van der Waals surface area contributed by atoms with E-state index in [1.165, 1.54) is 0 Å². The van der Waals surface area contributed by atoms with Crippen LogP contribution in [0.15, 0.2) is 49.1 Å². The molecule has 0 unspecified atom stereocenters. The first-order chi connectivity index (χ1) is 12.2. The zero-order valence-corrected chi connectivity index (χ0v) is 14.2. The molecule has 0 aliphatic carbocycles. The molecule has 1 aliphatic heterocycles. The average Bonchev–Trinajstić information content (AvgIpc) is 3.06. The minimum atomic E-state index is 0.111. The summed E-state index contributed by atoms with van der Waals surface area (Å²) < 4.78 is 1.99. The number of amides is 1. The van der Waals surface area contributed by atoms with E-state index >= 15 is 0 Å². The summed E-state index contributed by atoms with van der Waals surface area (Å²) in [6.45, 7) is 3.47. The number of pyridine rings is 1. The third-order valence-electron chi connectivity index (χ3n) is 4.69. The molecule has 1 saturated heterocycles. The molecule has 4 heterocycles. The Morgan fingerprint density at radius 1 is 1.20 bits per heavy atom. The van der Waals surface area contributed by atoms with Crippen molar-refractivity contribution in [3.63, 3.8) is 0 Å². The number of rotatable bonds is 3. The maximum absolute atomic E-state index is 12.8. The summed E-state index contributed by atoms with van der Waals surface area (Å²) in [5.74, 6) is 0.969. The highest BCUT2D eigenvalue weighted by Gasteiger charge is 2.24.